The van der Waals surface area contributed by atoms with Crippen LogP contribution in [0.25, 0.3) is 33.1 Å². The van der Waals surface area contributed by atoms with E-state index >= 15 is 0 Å². The molecule has 0 bridgehead atoms. The molecule has 1 aliphatic carbocycles. The fourth-order valence-electron chi connectivity index (χ4n) is 8.56. The van der Waals surface area contributed by atoms with E-state index in [1.54, 1.807) is 0 Å². The highest BCUT2D eigenvalue weighted by atomic mass is 35.5. The van der Waals surface area contributed by atoms with Crippen LogP contribution in [0.3, 0.4) is 0 Å². The number of para-hydroxylation sites is 1. The molecule has 1 aliphatic rings. The second-order valence-corrected chi connectivity index (χ2v) is 14.4. The first-order valence-corrected chi connectivity index (χ1v) is 18.0. The average Bonchev–Trinajstić information content (AvgIpc) is 3.72. The molecule has 0 spiro atoms. The molecule has 0 amide bonds. The second-order valence-electron chi connectivity index (χ2n) is 14.0. The Morgan fingerprint density at radius 3 is 1.61 bits per heavy atom. The number of benzene rings is 7. The summed E-state index contributed by atoms with van der Waals surface area (Å²) in [5, 5.41) is 2.38. The number of furan rings is 1. The van der Waals surface area contributed by atoms with Crippen LogP contribution in [0, 0.1) is 0 Å². The highest BCUT2D eigenvalue weighted by Crippen LogP contribution is 2.56. The third kappa shape index (κ3) is 5.04. The highest BCUT2D eigenvalue weighted by Gasteiger charge is 2.49. The van der Waals surface area contributed by atoms with Crippen molar-refractivity contribution in [3.8, 4) is 11.1 Å². The van der Waals surface area contributed by atoms with E-state index in [1.807, 2.05) is 109 Å². The Kier molecular flexibility index (Phi) is 8.75. The lowest BCUT2D eigenvalue weighted by Crippen LogP contribution is -2.63. The van der Waals surface area contributed by atoms with Crippen LogP contribution in [0.2, 0.25) is 5.02 Å². The predicted octanol–water partition coefficient (Wildman–Crippen LogP) is 0.0103. The van der Waals surface area contributed by atoms with E-state index < -0.39 is 5.41 Å². The molecule has 0 aliphatic heterocycles. The zero-order valence-corrected chi connectivity index (χ0v) is 30.7. The standard InChI is InChI=1S/C43H18B10ClNO/c44-33-31(34(45)38(49)41(52)37(33)48)43(32-35(46)39(50)42(53)40(51)36(32)47)25-11-3-1-9-22(25)23-16-15-21(18-26(23)43)55(20-8-5-7-19(54)17-20)27-12-6-14-29-30(27)24-10-2-4-13-28(24)56-29/h1-18H. The molecular formula is C43H18B10ClNO. The number of anilines is 3. The minimum absolute atomic E-state index is 0.0424. The molecular weight excluding hydrogens is 690 g/mol. The quantitative estimate of drug-likeness (QED) is 0.235. The van der Waals surface area contributed by atoms with Gasteiger partial charge in [-0.3, -0.25) is 0 Å². The molecule has 0 fully saturated rings. The normalized spacial score (nSPS) is 12.9. The minimum Gasteiger partial charge on any atom is -0.456 e. The van der Waals surface area contributed by atoms with Crippen molar-refractivity contribution in [2.24, 2.45) is 0 Å². The number of hydrogen-bond donors (Lipinski definition) is 0. The molecule has 13 heteroatoms. The Morgan fingerprint density at radius 2 is 0.964 bits per heavy atom. The molecule has 7 aromatic carbocycles. The van der Waals surface area contributed by atoms with Crippen LogP contribution in [0.5, 0.6) is 0 Å². The fourth-order valence-corrected chi connectivity index (χ4v) is 8.75. The van der Waals surface area contributed by atoms with Crippen LogP contribution in [-0.2, 0) is 5.41 Å². The van der Waals surface area contributed by atoms with E-state index in [9.17, 15) is 0 Å². The summed E-state index contributed by atoms with van der Waals surface area (Å²) in [5.74, 6) is 0. The first-order valence-electron chi connectivity index (χ1n) is 17.6. The first-order chi connectivity index (χ1) is 26.9. The van der Waals surface area contributed by atoms with Crippen molar-refractivity contribution in [3.05, 3.63) is 136 Å². The molecule has 2 nitrogen and oxygen atoms in total. The van der Waals surface area contributed by atoms with Gasteiger partial charge in [0.1, 0.15) is 89.6 Å². The smallest absolute Gasteiger partial charge is 0.137 e. The van der Waals surface area contributed by atoms with Crippen LogP contribution >= 0.6 is 11.6 Å². The van der Waals surface area contributed by atoms with E-state index in [4.69, 9.17) is 94.5 Å². The topological polar surface area (TPSA) is 16.4 Å². The SMILES string of the molecule is [B]c1c([B])c([B])c(C2(c3c([B])c([B])c([B])c([B])c3[B])c3ccccc3-c3ccc(N(c4cccc(Cl)c4)c4cccc5oc6ccccc6c45)cc32)c([B])c1[B]. The molecule has 238 valence electrons. The lowest BCUT2D eigenvalue weighted by Gasteiger charge is -2.43. The zero-order chi connectivity index (χ0) is 39.4. The summed E-state index contributed by atoms with van der Waals surface area (Å²) in [4.78, 5) is 2.11. The van der Waals surface area contributed by atoms with Gasteiger partial charge in [-0.15, -0.1) is 54.6 Å². The molecule has 0 saturated carbocycles. The molecule has 0 atom stereocenters. The summed E-state index contributed by atoms with van der Waals surface area (Å²) in [7, 11) is 67.5. The molecule has 20 radical (unpaired) electrons. The van der Waals surface area contributed by atoms with Gasteiger partial charge in [-0.05, 0) is 81.9 Å². The maximum atomic E-state index is 7.03. The van der Waals surface area contributed by atoms with Crippen molar-refractivity contribution >= 4 is 184 Å². The van der Waals surface area contributed by atoms with Crippen molar-refractivity contribution < 1.29 is 4.42 Å². The lowest BCUT2D eigenvalue weighted by atomic mass is 9.49. The van der Waals surface area contributed by atoms with E-state index in [0.717, 1.165) is 44.5 Å². The minimum atomic E-state index is -1.52. The fraction of sp³-hybridized carbons (Fsp3) is 0.0233. The van der Waals surface area contributed by atoms with Gasteiger partial charge in [-0.1, -0.05) is 72.3 Å². The van der Waals surface area contributed by atoms with Gasteiger partial charge in [0.25, 0.3) is 0 Å². The van der Waals surface area contributed by atoms with Gasteiger partial charge in [-0.25, -0.2) is 0 Å². The van der Waals surface area contributed by atoms with Crippen LogP contribution in [0.1, 0.15) is 22.3 Å². The Bertz CT molecular complexity index is 2850. The van der Waals surface area contributed by atoms with Gasteiger partial charge < -0.3 is 9.32 Å². The molecule has 56 heavy (non-hydrogen) atoms. The van der Waals surface area contributed by atoms with Gasteiger partial charge in [0.15, 0.2) is 0 Å². The number of rotatable bonds is 5. The summed E-state index contributed by atoms with van der Waals surface area (Å²) < 4.78 is 6.34. The van der Waals surface area contributed by atoms with Gasteiger partial charge in [0.2, 0.25) is 0 Å². The Balaban J connectivity index is 1.47. The molecule has 0 saturated heterocycles. The average molecular weight is 708 g/mol. The number of fused-ring (bicyclic) bond motifs is 6. The van der Waals surface area contributed by atoms with Crippen LogP contribution < -0.4 is 59.5 Å². The largest absolute Gasteiger partial charge is 0.456 e. The van der Waals surface area contributed by atoms with Crippen LogP contribution in [0.15, 0.2) is 114 Å². The second kappa shape index (κ2) is 13.3. The van der Waals surface area contributed by atoms with E-state index in [-0.39, 0.29) is 54.6 Å². The van der Waals surface area contributed by atoms with E-state index in [1.165, 1.54) is 0 Å². The van der Waals surface area contributed by atoms with E-state index in [0.29, 0.717) is 32.9 Å². The Hall–Kier alpha value is -4.92. The van der Waals surface area contributed by atoms with Crippen LogP contribution in [-0.4, -0.2) is 78.5 Å². The summed E-state index contributed by atoms with van der Waals surface area (Å²) in [6.45, 7) is 0. The number of nitrogens with zero attached hydrogens (tertiary/aromatic N) is 1. The van der Waals surface area contributed by atoms with Crippen LogP contribution in [0.4, 0.5) is 17.1 Å². The molecule has 1 heterocycles. The van der Waals surface area contributed by atoms with Crippen molar-refractivity contribution in [2.75, 3.05) is 4.90 Å². The molecule has 1 aromatic heterocycles. The molecule has 9 rings (SSSR count). The first kappa shape index (κ1) is 36.7. The summed E-state index contributed by atoms with van der Waals surface area (Å²) in [5.41, 5.74) is 6.52. The maximum Gasteiger partial charge on any atom is 0.137 e. The third-order valence-corrected chi connectivity index (χ3v) is 11.4. The number of hydrogen-bond acceptors (Lipinski definition) is 2. The zero-order valence-electron chi connectivity index (χ0n) is 29.9. The van der Waals surface area contributed by atoms with E-state index in [2.05, 4.69) is 4.90 Å². The summed E-state index contributed by atoms with van der Waals surface area (Å²) in [6.07, 6.45) is 0. The molecule has 0 N–H and O–H groups in total. The summed E-state index contributed by atoms with van der Waals surface area (Å²) >= 11 is 6.70. The number of halogens is 1. The predicted molar refractivity (Wildman–Crippen MR) is 245 cm³/mol. The van der Waals surface area contributed by atoms with Crippen molar-refractivity contribution in [1.82, 2.24) is 0 Å². The van der Waals surface area contributed by atoms with Gasteiger partial charge in [0.05, 0.1) is 16.5 Å². The van der Waals surface area contributed by atoms with Crippen molar-refractivity contribution in [2.45, 2.75) is 5.41 Å². The van der Waals surface area contributed by atoms with Gasteiger partial charge in [0, 0.05) is 21.8 Å². The Morgan fingerprint density at radius 1 is 0.446 bits per heavy atom. The summed E-state index contributed by atoms with van der Waals surface area (Å²) in [6, 6.07) is 35.3. The third-order valence-electron chi connectivity index (χ3n) is 11.1. The molecule has 8 aromatic rings. The van der Waals surface area contributed by atoms with Crippen molar-refractivity contribution in [3.63, 3.8) is 0 Å². The van der Waals surface area contributed by atoms with Gasteiger partial charge in [-0.2, -0.15) is 0 Å². The lowest BCUT2D eigenvalue weighted by molar-refractivity contribution is 0.669. The van der Waals surface area contributed by atoms with Crippen molar-refractivity contribution in [1.29, 1.82) is 0 Å². The Labute approximate surface area is 344 Å². The molecule has 0 unspecified atom stereocenters. The maximum absolute atomic E-state index is 7.03. The monoisotopic (exact) mass is 709 g/mol. The van der Waals surface area contributed by atoms with Gasteiger partial charge >= 0.3 is 0 Å². The highest BCUT2D eigenvalue weighted by molar-refractivity contribution is 6.69.